The van der Waals surface area contributed by atoms with Crippen molar-refractivity contribution in [2.45, 2.75) is 25.8 Å². The maximum Gasteiger partial charge on any atom is 0.227 e. The third-order valence-corrected chi connectivity index (χ3v) is 5.31. The first kappa shape index (κ1) is 20.2. The summed E-state index contributed by atoms with van der Waals surface area (Å²) in [5, 5.41) is 3.93. The summed E-state index contributed by atoms with van der Waals surface area (Å²) >= 11 is 0. The summed E-state index contributed by atoms with van der Waals surface area (Å²) in [5.74, 6) is 0.623. The first-order valence-corrected chi connectivity index (χ1v) is 10.3. The quantitative estimate of drug-likeness (QED) is 0.624. The normalized spacial score (nSPS) is 15.2. The summed E-state index contributed by atoms with van der Waals surface area (Å²) < 4.78 is 18.3. The van der Waals surface area contributed by atoms with Crippen LogP contribution in [0.2, 0.25) is 0 Å². The van der Waals surface area contributed by atoms with Gasteiger partial charge in [-0.1, -0.05) is 35.5 Å². The number of carbonyl (C=O) groups is 1. The monoisotopic (exact) mass is 408 g/mol. The van der Waals surface area contributed by atoms with Gasteiger partial charge in [-0.25, -0.2) is 4.39 Å². The highest BCUT2D eigenvalue weighted by Crippen LogP contribution is 2.17. The molecule has 30 heavy (non-hydrogen) atoms. The molecule has 1 fully saturated rings. The number of rotatable bonds is 6. The Morgan fingerprint density at radius 2 is 1.80 bits per heavy atom. The van der Waals surface area contributed by atoms with Crippen LogP contribution >= 0.6 is 0 Å². The average Bonchev–Trinajstić information content (AvgIpc) is 3.12. The third kappa shape index (κ3) is 5.30. The average molecular weight is 408 g/mol. The molecule has 0 N–H and O–H groups in total. The van der Waals surface area contributed by atoms with Gasteiger partial charge < -0.3 is 9.42 Å². The van der Waals surface area contributed by atoms with Gasteiger partial charge in [-0.2, -0.15) is 4.98 Å². The predicted molar refractivity (Wildman–Crippen MR) is 111 cm³/mol. The molecule has 2 aromatic carbocycles. The number of benzene rings is 2. The molecule has 0 aliphatic carbocycles. The van der Waals surface area contributed by atoms with Crippen LogP contribution in [0.1, 0.15) is 24.3 Å². The molecule has 1 amide bonds. The zero-order valence-electron chi connectivity index (χ0n) is 16.8. The highest BCUT2D eigenvalue weighted by atomic mass is 19.1. The Hall–Kier alpha value is -3.06. The molecular formula is C23H25FN4O2. The van der Waals surface area contributed by atoms with Crippen LogP contribution in [-0.2, 0) is 17.8 Å². The van der Waals surface area contributed by atoms with Crippen molar-refractivity contribution < 1.29 is 13.7 Å². The standard InChI is InChI=1S/C23H25FN4O2/c24-20-9-7-19(8-10-20)23-25-21(30-26-23)11-12-22(29)28-14-4-13-27(15-16-28)17-18-5-2-1-3-6-18/h1-3,5-10H,4,11-17H2. The minimum Gasteiger partial charge on any atom is -0.341 e. The van der Waals surface area contributed by atoms with Crippen molar-refractivity contribution in [3.05, 3.63) is 71.9 Å². The second-order valence-electron chi connectivity index (χ2n) is 7.51. The molecule has 0 atom stereocenters. The molecule has 1 aromatic heterocycles. The number of aromatic nitrogens is 2. The summed E-state index contributed by atoms with van der Waals surface area (Å²) in [7, 11) is 0. The van der Waals surface area contributed by atoms with Gasteiger partial charge >= 0.3 is 0 Å². The third-order valence-electron chi connectivity index (χ3n) is 5.31. The van der Waals surface area contributed by atoms with Gasteiger partial charge in [0.15, 0.2) is 0 Å². The molecule has 4 rings (SSSR count). The molecule has 1 saturated heterocycles. The lowest BCUT2D eigenvalue weighted by Gasteiger charge is -2.22. The van der Waals surface area contributed by atoms with Crippen LogP contribution in [-0.4, -0.2) is 52.0 Å². The minimum atomic E-state index is -0.312. The Morgan fingerprint density at radius 1 is 1.00 bits per heavy atom. The molecule has 7 heteroatoms. The first-order chi connectivity index (χ1) is 14.7. The van der Waals surface area contributed by atoms with Crippen LogP contribution in [0, 0.1) is 5.82 Å². The van der Waals surface area contributed by atoms with E-state index in [-0.39, 0.29) is 11.7 Å². The van der Waals surface area contributed by atoms with Gasteiger partial charge in [0.2, 0.25) is 17.6 Å². The van der Waals surface area contributed by atoms with Crippen molar-refractivity contribution >= 4 is 5.91 Å². The van der Waals surface area contributed by atoms with Crippen LogP contribution in [0.5, 0.6) is 0 Å². The highest BCUT2D eigenvalue weighted by Gasteiger charge is 2.20. The van der Waals surface area contributed by atoms with Gasteiger partial charge in [-0.3, -0.25) is 9.69 Å². The summed E-state index contributed by atoms with van der Waals surface area (Å²) in [6.45, 7) is 4.28. The fraction of sp³-hybridized carbons (Fsp3) is 0.348. The van der Waals surface area contributed by atoms with E-state index in [1.807, 2.05) is 11.0 Å². The van der Waals surface area contributed by atoms with Crippen molar-refractivity contribution in [1.82, 2.24) is 19.9 Å². The molecular weight excluding hydrogens is 383 g/mol. The Balaban J connectivity index is 1.26. The van der Waals surface area contributed by atoms with Crippen LogP contribution in [0.15, 0.2) is 59.1 Å². The van der Waals surface area contributed by atoms with Crippen molar-refractivity contribution in [3.63, 3.8) is 0 Å². The molecule has 1 aliphatic heterocycles. The van der Waals surface area contributed by atoms with E-state index >= 15 is 0 Å². The van der Waals surface area contributed by atoms with E-state index in [1.165, 1.54) is 17.7 Å². The SMILES string of the molecule is O=C(CCc1nc(-c2ccc(F)cc2)no1)N1CCCN(Cc2ccccc2)CC1. The molecule has 6 nitrogen and oxygen atoms in total. The number of halogens is 1. The van der Waals surface area contributed by atoms with E-state index in [4.69, 9.17) is 4.52 Å². The molecule has 1 aliphatic rings. The first-order valence-electron chi connectivity index (χ1n) is 10.3. The Morgan fingerprint density at radius 3 is 2.60 bits per heavy atom. The van der Waals surface area contributed by atoms with Crippen LogP contribution in [0.25, 0.3) is 11.4 Å². The largest absolute Gasteiger partial charge is 0.341 e. The van der Waals surface area contributed by atoms with Crippen LogP contribution in [0.4, 0.5) is 4.39 Å². The van der Waals surface area contributed by atoms with Gasteiger partial charge in [0.25, 0.3) is 0 Å². The van der Waals surface area contributed by atoms with E-state index < -0.39 is 0 Å². The lowest BCUT2D eigenvalue weighted by Crippen LogP contribution is -2.35. The molecule has 156 valence electrons. The molecule has 0 unspecified atom stereocenters. The minimum absolute atomic E-state index is 0.109. The van der Waals surface area contributed by atoms with E-state index in [9.17, 15) is 9.18 Å². The molecule has 2 heterocycles. The Bertz CT molecular complexity index is 959. The fourth-order valence-corrected chi connectivity index (χ4v) is 3.66. The summed E-state index contributed by atoms with van der Waals surface area (Å²) in [5.41, 5.74) is 1.98. The number of amides is 1. The Kier molecular flexibility index (Phi) is 6.49. The van der Waals surface area contributed by atoms with E-state index in [0.29, 0.717) is 30.1 Å². The zero-order chi connectivity index (χ0) is 20.8. The number of aryl methyl sites for hydroxylation is 1. The number of hydrogen-bond acceptors (Lipinski definition) is 5. The van der Waals surface area contributed by atoms with Gasteiger partial charge in [0.05, 0.1) is 0 Å². The number of nitrogens with zero attached hydrogens (tertiary/aromatic N) is 4. The second kappa shape index (κ2) is 9.63. The van der Waals surface area contributed by atoms with E-state index in [0.717, 1.165) is 39.1 Å². The maximum absolute atomic E-state index is 13.0. The second-order valence-corrected chi connectivity index (χ2v) is 7.51. The Labute approximate surface area is 175 Å². The van der Waals surface area contributed by atoms with Gasteiger partial charge in [0.1, 0.15) is 5.82 Å². The van der Waals surface area contributed by atoms with E-state index in [2.05, 4.69) is 39.3 Å². The smallest absolute Gasteiger partial charge is 0.227 e. The van der Waals surface area contributed by atoms with Crippen molar-refractivity contribution in [1.29, 1.82) is 0 Å². The molecule has 0 bridgehead atoms. The summed E-state index contributed by atoms with van der Waals surface area (Å²) in [4.78, 5) is 21.3. The lowest BCUT2D eigenvalue weighted by molar-refractivity contribution is -0.131. The molecule has 3 aromatic rings. The maximum atomic E-state index is 13.0. The molecule has 0 radical (unpaired) electrons. The molecule has 0 saturated carbocycles. The van der Waals surface area contributed by atoms with Crippen LogP contribution in [0.3, 0.4) is 0 Å². The predicted octanol–water partition coefficient (Wildman–Crippen LogP) is 3.54. The van der Waals surface area contributed by atoms with E-state index in [1.54, 1.807) is 12.1 Å². The summed E-state index contributed by atoms with van der Waals surface area (Å²) in [6, 6.07) is 16.3. The summed E-state index contributed by atoms with van der Waals surface area (Å²) in [6.07, 6.45) is 1.70. The highest BCUT2D eigenvalue weighted by molar-refractivity contribution is 5.76. The van der Waals surface area contributed by atoms with Crippen molar-refractivity contribution in [2.24, 2.45) is 0 Å². The number of hydrogen-bond donors (Lipinski definition) is 0. The topological polar surface area (TPSA) is 62.5 Å². The van der Waals surface area contributed by atoms with Crippen LogP contribution < -0.4 is 0 Å². The van der Waals surface area contributed by atoms with Crippen molar-refractivity contribution in [2.75, 3.05) is 26.2 Å². The lowest BCUT2D eigenvalue weighted by atomic mass is 10.2. The number of carbonyl (C=O) groups excluding carboxylic acids is 1. The zero-order valence-corrected chi connectivity index (χ0v) is 16.8. The van der Waals surface area contributed by atoms with Crippen molar-refractivity contribution in [3.8, 4) is 11.4 Å². The van der Waals surface area contributed by atoms with Gasteiger partial charge in [0, 0.05) is 51.1 Å². The molecule has 0 spiro atoms. The van der Waals surface area contributed by atoms with Gasteiger partial charge in [-0.15, -0.1) is 0 Å². The van der Waals surface area contributed by atoms with Gasteiger partial charge in [-0.05, 0) is 36.2 Å². The fourth-order valence-electron chi connectivity index (χ4n) is 3.66.